The first-order valence-corrected chi connectivity index (χ1v) is 8.03. The van der Waals surface area contributed by atoms with Gasteiger partial charge in [0.15, 0.2) is 6.54 Å². The van der Waals surface area contributed by atoms with E-state index in [-0.39, 0.29) is 17.5 Å². The first kappa shape index (κ1) is 16.3. The Labute approximate surface area is 140 Å². The van der Waals surface area contributed by atoms with E-state index < -0.39 is 0 Å². The lowest BCUT2D eigenvalue weighted by molar-refractivity contribution is -0.892. The van der Waals surface area contributed by atoms with Crippen molar-refractivity contribution in [2.45, 2.75) is 0 Å². The summed E-state index contributed by atoms with van der Waals surface area (Å²) in [6, 6.07) is 13.0. The largest absolute Gasteiger partial charge is 0.508 e. The lowest BCUT2D eigenvalue weighted by atomic mass is 10.2. The van der Waals surface area contributed by atoms with Gasteiger partial charge in [0.2, 0.25) is 0 Å². The van der Waals surface area contributed by atoms with Crippen molar-refractivity contribution in [1.29, 1.82) is 0 Å². The number of piperazine rings is 1. The third-order valence-electron chi connectivity index (χ3n) is 4.22. The summed E-state index contributed by atoms with van der Waals surface area (Å²) in [5.41, 5.74) is 1.70. The van der Waals surface area contributed by atoms with E-state index in [4.69, 9.17) is 0 Å². The molecule has 1 fully saturated rings. The third kappa shape index (κ3) is 4.23. The number of benzene rings is 2. The van der Waals surface area contributed by atoms with Crippen LogP contribution in [0.3, 0.4) is 0 Å². The molecule has 1 amide bonds. The highest BCUT2D eigenvalue weighted by Gasteiger charge is 2.22. The summed E-state index contributed by atoms with van der Waals surface area (Å²) >= 11 is 0. The lowest BCUT2D eigenvalue weighted by Gasteiger charge is -2.33. The maximum absolute atomic E-state index is 12.9. The molecule has 0 aliphatic carbocycles. The van der Waals surface area contributed by atoms with Crippen LogP contribution >= 0.6 is 0 Å². The Morgan fingerprint density at radius 3 is 2.33 bits per heavy atom. The minimum atomic E-state index is -0.316. The number of rotatable bonds is 4. The highest BCUT2D eigenvalue weighted by atomic mass is 19.1. The van der Waals surface area contributed by atoms with Crippen LogP contribution < -0.4 is 15.1 Å². The molecule has 0 bridgehead atoms. The van der Waals surface area contributed by atoms with Crippen molar-refractivity contribution < 1.29 is 19.2 Å². The fourth-order valence-corrected chi connectivity index (χ4v) is 2.89. The van der Waals surface area contributed by atoms with Crippen LogP contribution in [0.1, 0.15) is 0 Å². The zero-order chi connectivity index (χ0) is 16.9. The van der Waals surface area contributed by atoms with Crippen LogP contribution in [-0.2, 0) is 4.79 Å². The Bertz CT molecular complexity index is 680. The third-order valence-corrected chi connectivity index (χ3v) is 4.22. The van der Waals surface area contributed by atoms with Gasteiger partial charge in [-0.15, -0.1) is 0 Å². The van der Waals surface area contributed by atoms with Gasteiger partial charge in [0, 0.05) is 11.4 Å². The Kier molecular flexibility index (Phi) is 4.96. The number of phenols is 1. The minimum absolute atomic E-state index is 0.0605. The number of halogens is 1. The second-order valence-corrected chi connectivity index (χ2v) is 5.99. The predicted octanol–water partition coefficient (Wildman–Crippen LogP) is 0.875. The molecule has 2 aromatic carbocycles. The number of nitrogens with zero attached hydrogens (tertiary/aromatic N) is 1. The molecule has 6 heteroatoms. The van der Waals surface area contributed by atoms with Crippen LogP contribution in [0.2, 0.25) is 0 Å². The van der Waals surface area contributed by atoms with Crippen LogP contribution in [-0.4, -0.2) is 43.7 Å². The zero-order valence-corrected chi connectivity index (χ0v) is 13.3. The summed E-state index contributed by atoms with van der Waals surface area (Å²) in [5, 5.41) is 12.1. The fraction of sp³-hybridized carbons (Fsp3) is 0.278. The van der Waals surface area contributed by atoms with Crippen LogP contribution in [0.25, 0.3) is 0 Å². The van der Waals surface area contributed by atoms with E-state index in [0.717, 1.165) is 31.9 Å². The van der Waals surface area contributed by atoms with Crippen LogP contribution in [0.4, 0.5) is 15.8 Å². The summed E-state index contributed by atoms with van der Waals surface area (Å²) in [5.74, 6) is -0.112. The molecule has 126 valence electrons. The molecule has 5 nitrogen and oxygen atoms in total. The smallest absolute Gasteiger partial charge is 0.279 e. The maximum atomic E-state index is 12.9. The zero-order valence-electron chi connectivity index (χ0n) is 13.3. The normalized spacial score (nSPS) is 15.3. The summed E-state index contributed by atoms with van der Waals surface area (Å²) in [6.45, 7) is 3.88. The number of anilines is 2. The van der Waals surface area contributed by atoms with Crippen molar-refractivity contribution in [2.24, 2.45) is 0 Å². The van der Waals surface area contributed by atoms with Gasteiger partial charge in [-0.3, -0.25) is 4.79 Å². The van der Waals surface area contributed by atoms with Gasteiger partial charge in [-0.25, -0.2) is 4.39 Å². The molecule has 1 aliphatic heterocycles. The molecule has 24 heavy (non-hydrogen) atoms. The van der Waals surface area contributed by atoms with Crippen molar-refractivity contribution in [3.05, 3.63) is 54.3 Å². The van der Waals surface area contributed by atoms with E-state index in [1.807, 2.05) is 12.1 Å². The van der Waals surface area contributed by atoms with Gasteiger partial charge in [-0.05, 0) is 48.5 Å². The summed E-state index contributed by atoms with van der Waals surface area (Å²) in [6.07, 6.45) is 0. The molecule has 0 radical (unpaired) electrons. The molecule has 0 aromatic heterocycles. The van der Waals surface area contributed by atoms with Gasteiger partial charge < -0.3 is 20.2 Å². The van der Waals surface area contributed by atoms with Crippen LogP contribution in [0, 0.1) is 5.82 Å². The second-order valence-electron chi connectivity index (χ2n) is 5.99. The minimum Gasteiger partial charge on any atom is -0.508 e. The summed E-state index contributed by atoms with van der Waals surface area (Å²) in [7, 11) is 0. The molecule has 1 saturated heterocycles. The molecular formula is C18H21FN3O2+. The predicted molar refractivity (Wildman–Crippen MR) is 90.9 cm³/mol. The quantitative estimate of drug-likeness (QED) is 0.780. The van der Waals surface area contributed by atoms with Crippen molar-refractivity contribution in [3.63, 3.8) is 0 Å². The van der Waals surface area contributed by atoms with E-state index in [1.54, 1.807) is 24.3 Å². The van der Waals surface area contributed by atoms with Crippen molar-refractivity contribution in [2.75, 3.05) is 42.9 Å². The maximum Gasteiger partial charge on any atom is 0.279 e. The molecule has 0 unspecified atom stereocenters. The summed E-state index contributed by atoms with van der Waals surface area (Å²) < 4.78 is 12.9. The second kappa shape index (κ2) is 7.31. The molecule has 0 atom stereocenters. The lowest BCUT2D eigenvalue weighted by Crippen LogP contribution is -3.15. The highest BCUT2D eigenvalue weighted by Crippen LogP contribution is 2.18. The first-order chi connectivity index (χ1) is 11.6. The Morgan fingerprint density at radius 1 is 1.08 bits per heavy atom. The van der Waals surface area contributed by atoms with Crippen LogP contribution in [0.5, 0.6) is 5.75 Å². The van der Waals surface area contributed by atoms with Gasteiger partial charge in [0.1, 0.15) is 11.6 Å². The Hall–Kier alpha value is -2.60. The molecule has 0 spiro atoms. The van der Waals surface area contributed by atoms with Crippen molar-refractivity contribution >= 4 is 17.3 Å². The number of nitrogens with one attached hydrogen (secondary N) is 2. The number of carbonyl (C=O) groups is 1. The molecule has 3 rings (SSSR count). The van der Waals surface area contributed by atoms with Gasteiger partial charge in [0.25, 0.3) is 5.91 Å². The molecular weight excluding hydrogens is 309 g/mol. The van der Waals surface area contributed by atoms with Crippen LogP contribution in [0.15, 0.2) is 48.5 Å². The number of phenolic OH excluding ortho intramolecular Hbond substituents is 1. The average Bonchev–Trinajstić information content (AvgIpc) is 2.58. The number of hydrogen-bond acceptors (Lipinski definition) is 3. The average molecular weight is 330 g/mol. The molecule has 3 N–H and O–H groups in total. The highest BCUT2D eigenvalue weighted by molar-refractivity contribution is 5.91. The topological polar surface area (TPSA) is 57.0 Å². The molecule has 0 saturated carbocycles. The number of amides is 1. The summed E-state index contributed by atoms with van der Waals surface area (Å²) in [4.78, 5) is 15.6. The molecule has 1 aliphatic rings. The Morgan fingerprint density at radius 2 is 1.71 bits per heavy atom. The SMILES string of the molecule is O=C(C[NH+]1CCN(c2ccc(O)cc2)CC1)Nc1ccc(F)cc1. The van der Waals surface area contributed by atoms with E-state index >= 15 is 0 Å². The number of quaternary nitrogens is 1. The van der Waals surface area contributed by atoms with E-state index in [9.17, 15) is 14.3 Å². The van der Waals surface area contributed by atoms with Crippen molar-refractivity contribution in [1.82, 2.24) is 0 Å². The van der Waals surface area contributed by atoms with Gasteiger partial charge in [0.05, 0.1) is 26.2 Å². The monoisotopic (exact) mass is 330 g/mol. The molecule has 2 aromatic rings. The van der Waals surface area contributed by atoms with Gasteiger partial charge >= 0.3 is 0 Å². The Balaban J connectivity index is 1.47. The van der Waals surface area contributed by atoms with Gasteiger partial charge in [-0.2, -0.15) is 0 Å². The van der Waals surface area contributed by atoms with E-state index in [0.29, 0.717) is 12.2 Å². The van der Waals surface area contributed by atoms with E-state index in [1.165, 1.54) is 17.0 Å². The van der Waals surface area contributed by atoms with Crippen molar-refractivity contribution in [3.8, 4) is 5.75 Å². The van der Waals surface area contributed by atoms with E-state index in [2.05, 4.69) is 10.2 Å². The number of aromatic hydroxyl groups is 1. The fourth-order valence-electron chi connectivity index (χ4n) is 2.89. The molecule has 1 heterocycles. The number of hydrogen-bond donors (Lipinski definition) is 3. The first-order valence-electron chi connectivity index (χ1n) is 8.03. The standard InChI is InChI=1S/C18H20FN3O2/c19-14-1-3-15(4-2-14)20-18(24)13-21-9-11-22(12-10-21)16-5-7-17(23)8-6-16/h1-8,23H,9-13H2,(H,20,24)/p+1. The van der Waals surface area contributed by atoms with Gasteiger partial charge in [-0.1, -0.05) is 0 Å². The number of carbonyl (C=O) groups excluding carboxylic acids is 1.